The smallest absolute Gasteiger partial charge is 0.387 e. The Balaban J connectivity index is 1.67. The maximum absolute atomic E-state index is 12.4. The molecule has 1 amide bonds. The van der Waals surface area contributed by atoms with E-state index in [9.17, 15) is 13.6 Å². The summed E-state index contributed by atoms with van der Waals surface area (Å²) < 4.78 is 31.0. The molecule has 3 rings (SSSR count). The Hall–Kier alpha value is -2.66. The minimum Gasteiger partial charge on any atom is -0.435 e. The molecular weight excluding hydrogens is 468 g/mol. The SMILES string of the molecule is CC(Sc1nnc(-c2ccc(OC(F)F)cc2)n1N)C(=O)Nc1ccc(Br)cc1. The van der Waals surface area contributed by atoms with Gasteiger partial charge < -0.3 is 15.9 Å². The first-order valence-electron chi connectivity index (χ1n) is 8.32. The minimum absolute atomic E-state index is 0.0275. The highest BCUT2D eigenvalue weighted by Crippen LogP contribution is 2.27. The Morgan fingerprint density at radius 2 is 1.83 bits per heavy atom. The monoisotopic (exact) mass is 483 g/mol. The molecule has 7 nitrogen and oxygen atoms in total. The number of rotatable bonds is 7. The summed E-state index contributed by atoms with van der Waals surface area (Å²) in [4.78, 5) is 12.4. The molecule has 3 N–H and O–H groups in total. The van der Waals surface area contributed by atoms with Crippen molar-refractivity contribution in [3.05, 3.63) is 53.0 Å². The molecule has 1 aromatic heterocycles. The number of aromatic nitrogens is 3. The Labute approximate surface area is 177 Å². The Morgan fingerprint density at radius 1 is 1.17 bits per heavy atom. The fourth-order valence-electron chi connectivity index (χ4n) is 2.33. The van der Waals surface area contributed by atoms with Gasteiger partial charge in [-0.05, 0) is 55.5 Å². The molecule has 1 heterocycles. The van der Waals surface area contributed by atoms with Crippen molar-refractivity contribution in [2.75, 3.05) is 11.2 Å². The zero-order valence-corrected chi connectivity index (χ0v) is 17.5. The van der Waals surface area contributed by atoms with E-state index in [1.165, 1.54) is 16.8 Å². The van der Waals surface area contributed by atoms with Crippen molar-refractivity contribution in [2.24, 2.45) is 0 Å². The number of hydrogen-bond acceptors (Lipinski definition) is 6. The van der Waals surface area contributed by atoms with Crippen LogP contribution in [0.2, 0.25) is 0 Å². The number of benzene rings is 2. The molecule has 0 saturated heterocycles. The number of nitrogens with two attached hydrogens (primary N) is 1. The number of hydrogen-bond donors (Lipinski definition) is 2. The van der Waals surface area contributed by atoms with E-state index in [-0.39, 0.29) is 11.7 Å². The van der Waals surface area contributed by atoms with Crippen molar-refractivity contribution in [3.8, 4) is 17.1 Å². The molecule has 0 aliphatic carbocycles. The number of nitrogens with zero attached hydrogens (tertiary/aromatic N) is 3. The Kier molecular flexibility index (Phi) is 6.70. The van der Waals surface area contributed by atoms with E-state index >= 15 is 0 Å². The van der Waals surface area contributed by atoms with Crippen molar-refractivity contribution in [1.29, 1.82) is 0 Å². The van der Waals surface area contributed by atoms with Crippen molar-refractivity contribution in [3.63, 3.8) is 0 Å². The van der Waals surface area contributed by atoms with Gasteiger partial charge in [-0.1, -0.05) is 27.7 Å². The molecular formula is C18H16BrF2N5O2S. The van der Waals surface area contributed by atoms with Crippen molar-refractivity contribution >= 4 is 39.3 Å². The Morgan fingerprint density at radius 3 is 2.45 bits per heavy atom. The van der Waals surface area contributed by atoms with Gasteiger partial charge in [0.1, 0.15) is 5.75 Å². The van der Waals surface area contributed by atoms with Crippen molar-refractivity contribution < 1.29 is 18.3 Å². The molecule has 0 bridgehead atoms. The normalized spacial score (nSPS) is 12.0. The van der Waals surface area contributed by atoms with E-state index in [2.05, 4.69) is 36.2 Å². The molecule has 0 spiro atoms. The van der Waals surface area contributed by atoms with E-state index in [1.54, 1.807) is 31.2 Å². The van der Waals surface area contributed by atoms with Gasteiger partial charge in [-0.15, -0.1) is 10.2 Å². The molecule has 0 radical (unpaired) electrons. The highest BCUT2D eigenvalue weighted by molar-refractivity contribution is 9.10. The van der Waals surface area contributed by atoms with Crippen LogP contribution in [0.5, 0.6) is 5.75 Å². The lowest BCUT2D eigenvalue weighted by Crippen LogP contribution is -2.23. The number of alkyl halides is 2. The minimum atomic E-state index is -2.90. The summed E-state index contributed by atoms with van der Waals surface area (Å²) in [6, 6.07) is 13.1. The third-order valence-corrected chi connectivity index (χ3v) is 5.35. The summed E-state index contributed by atoms with van der Waals surface area (Å²) in [6.45, 7) is -1.17. The molecule has 0 aliphatic heterocycles. The Bertz CT molecular complexity index is 983. The summed E-state index contributed by atoms with van der Waals surface area (Å²) in [5, 5.41) is 10.7. The van der Waals surface area contributed by atoms with Crippen LogP contribution in [-0.4, -0.2) is 32.6 Å². The molecule has 29 heavy (non-hydrogen) atoms. The van der Waals surface area contributed by atoms with Gasteiger partial charge in [-0.2, -0.15) is 8.78 Å². The van der Waals surface area contributed by atoms with Crippen LogP contribution in [0.4, 0.5) is 14.5 Å². The number of ether oxygens (including phenoxy) is 1. The van der Waals surface area contributed by atoms with Gasteiger partial charge in [0.15, 0.2) is 5.82 Å². The number of carbonyl (C=O) groups excluding carboxylic acids is 1. The van der Waals surface area contributed by atoms with Crippen LogP contribution in [-0.2, 0) is 4.79 Å². The van der Waals surface area contributed by atoms with Gasteiger partial charge in [0, 0.05) is 15.7 Å². The number of halogens is 3. The van der Waals surface area contributed by atoms with Crippen LogP contribution in [0, 0.1) is 0 Å². The first kappa shape index (κ1) is 21.1. The van der Waals surface area contributed by atoms with E-state index in [0.29, 0.717) is 22.2 Å². The third kappa shape index (κ3) is 5.45. The van der Waals surface area contributed by atoms with Crippen LogP contribution in [0.25, 0.3) is 11.4 Å². The average molecular weight is 484 g/mol. The first-order valence-corrected chi connectivity index (χ1v) is 9.99. The predicted octanol–water partition coefficient (Wildman–Crippen LogP) is 4.14. The van der Waals surface area contributed by atoms with Crippen LogP contribution in [0.15, 0.2) is 58.2 Å². The molecule has 11 heteroatoms. The fraction of sp³-hybridized carbons (Fsp3) is 0.167. The zero-order chi connectivity index (χ0) is 21.0. The molecule has 0 aliphatic rings. The molecule has 3 aromatic rings. The predicted molar refractivity (Wildman–Crippen MR) is 110 cm³/mol. The number of thioether (sulfide) groups is 1. The lowest BCUT2D eigenvalue weighted by atomic mass is 10.2. The quantitative estimate of drug-likeness (QED) is 0.387. The molecule has 0 fully saturated rings. The lowest BCUT2D eigenvalue weighted by molar-refractivity contribution is -0.115. The van der Waals surface area contributed by atoms with Crippen LogP contribution in [0.3, 0.4) is 0 Å². The van der Waals surface area contributed by atoms with Gasteiger partial charge in [0.05, 0.1) is 5.25 Å². The summed E-state index contributed by atoms with van der Waals surface area (Å²) in [5.41, 5.74) is 1.24. The maximum Gasteiger partial charge on any atom is 0.387 e. The largest absolute Gasteiger partial charge is 0.435 e. The summed E-state index contributed by atoms with van der Waals surface area (Å²) in [5.74, 6) is 6.20. The van der Waals surface area contributed by atoms with Crippen LogP contribution >= 0.6 is 27.7 Å². The standard InChI is InChI=1S/C18H16BrF2N5O2S/c1-10(16(27)23-13-6-4-12(19)5-7-13)29-18-25-24-15(26(18)22)11-2-8-14(9-3-11)28-17(20)21/h2-10,17H,22H2,1H3,(H,23,27). The van der Waals surface area contributed by atoms with E-state index in [4.69, 9.17) is 5.84 Å². The molecule has 152 valence electrons. The lowest BCUT2D eigenvalue weighted by Gasteiger charge is -2.11. The number of anilines is 1. The van der Waals surface area contributed by atoms with E-state index in [0.717, 1.165) is 16.2 Å². The second-order valence-corrected chi connectivity index (χ2v) is 8.06. The summed E-state index contributed by atoms with van der Waals surface area (Å²) in [7, 11) is 0. The van der Waals surface area contributed by atoms with E-state index < -0.39 is 11.9 Å². The number of nitrogen functional groups attached to an aromatic ring is 1. The highest BCUT2D eigenvalue weighted by atomic mass is 79.9. The zero-order valence-electron chi connectivity index (χ0n) is 15.1. The maximum atomic E-state index is 12.4. The van der Waals surface area contributed by atoms with Gasteiger partial charge in [0.2, 0.25) is 11.1 Å². The van der Waals surface area contributed by atoms with Crippen molar-refractivity contribution in [1.82, 2.24) is 14.9 Å². The molecule has 0 saturated carbocycles. The number of amides is 1. The van der Waals surface area contributed by atoms with Gasteiger partial charge >= 0.3 is 6.61 Å². The number of carbonyl (C=O) groups is 1. The van der Waals surface area contributed by atoms with Crippen LogP contribution in [0.1, 0.15) is 6.92 Å². The van der Waals surface area contributed by atoms with Gasteiger partial charge in [0.25, 0.3) is 0 Å². The second kappa shape index (κ2) is 9.23. The number of nitrogens with one attached hydrogen (secondary N) is 1. The summed E-state index contributed by atoms with van der Waals surface area (Å²) in [6.07, 6.45) is 0. The van der Waals surface area contributed by atoms with Crippen LogP contribution < -0.4 is 15.9 Å². The summed E-state index contributed by atoms with van der Waals surface area (Å²) >= 11 is 4.49. The third-order valence-electron chi connectivity index (χ3n) is 3.77. The second-order valence-electron chi connectivity index (χ2n) is 5.84. The first-order chi connectivity index (χ1) is 13.8. The van der Waals surface area contributed by atoms with Gasteiger partial charge in [-0.25, -0.2) is 4.68 Å². The fourth-order valence-corrected chi connectivity index (χ4v) is 3.36. The average Bonchev–Trinajstić information content (AvgIpc) is 3.04. The molecule has 1 atom stereocenters. The molecule has 1 unspecified atom stereocenters. The molecule has 2 aromatic carbocycles. The van der Waals surface area contributed by atoms with Crippen molar-refractivity contribution in [2.45, 2.75) is 23.9 Å². The topological polar surface area (TPSA) is 95.1 Å². The van der Waals surface area contributed by atoms with Gasteiger partial charge in [-0.3, -0.25) is 4.79 Å². The van der Waals surface area contributed by atoms with E-state index in [1.807, 2.05) is 12.1 Å². The highest BCUT2D eigenvalue weighted by Gasteiger charge is 2.20.